The number of fused-ring (bicyclic) bond motifs is 2. The van der Waals surface area contributed by atoms with E-state index in [-0.39, 0.29) is 35.7 Å². The molecular weight excluding hydrogens is 254 g/mol. The number of rotatable bonds is 1. The molecule has 0 N–H and O–H groups in total. The summed E-state index contributed by atoms with van der Waals surface area (Å²) in [4.78, 5) is 26.7. The molecule has 1 aromatic carbocycles. The van der Waals surface area contributed by atoms with E-state index in [1.807, 2.05) is 24.3 Å². The summed E-state index contributed by atoms with van der Waals surface area (Å²) in [6.07, 6.45) is 4.58. The Hall–Kier alpha value is -1.94. The van der Waals surface area contributed by atoms with Gasteiger partial charge >= 0.3 is 0 Å². The number of hydrogen-bond donors (Lipinski definition) is 0. The van der Waals surface area contributed by atoms with E-state index in [0.717, 1.165) is 6.42 Å². The van der Waals surface area contributed by atoms with Crippen molar-refractivity contribution in [1.29, 1.82) is 0 Å². The van der Waals surface area contributed by atoms with Gasteiger partial charge in [0.05, 0.1) is 23.6 Å². The van der Waals surface area contributed by atoms with Crippen molar-refractivity contribution in [2.45, 2.75) is 12.5 Å². The van der Waals surface area contributed by atoms with Crippen LogP contribution in [0.2, 0.25) is 0 Å². The van der Waals surface area contributed by atoms with Crippen LogP contribution in [0, 0.1) is 17.8 Å². The first-order chi connectivity index (χ1) is 9.77. The van der Waals surface area contributed by atoms with Crippen LogP contribution in [-0.2, 0) is 14.3 Å². The third kappa shape index (κ3) is 1.51. The second kappa shape index (κ2) is 4.28. The molecule has 4 atom stereocenters. The average molecular weight is 269 g/mol. The fourth-order valence-corrected chi connectivity index (χ4v) is 3.61. The van der Waals surface area contributed by atoms with Crippen molar-refractivity contribution in [3.8, 4) is 0 Å². The summed E-state index contributed by atoms with van der Waals surface area (Å²) >= 11 is 0. The van der Waals surface area contributed by atoms with Crippen molar-refractivity contribution in [3.63, 3.8) is 0 Å². The Morgan fingerprint density at radius 1 is 1.00 bits per heavy atom. The SMILES string of the molecule is O=C1C2C3C=CC(OCC3)C2C(=O)N1c1ccccc1. The van der Waals surface area contributed by atoms with Gasteiger partial charge in [0.2, 0.25) is 11.8 Å². The van der Waals surface area contributed by atoms with Crippen molar-refractivity contribution in [1.82, 2.24) is 0 Å². The van der Waals surface area contributed by atoms with Crippen molar-refractivity contribution in [2.75, 3.05) is 11.5 Å². The molecule has 2 fully saturated rings. The van der Waals surface area contributed by atoms with Crippen LogP contribution in [0.25, 0.3) is 0 Å². The molecule has 4 aliphatic rings. The van der Waals surface area contributed by atoms with Gasteiger partial charge in [-0.15, -0.1) is 0 Å². The molecule has 2 saturated heterocycles. The van der Waals surface area contributed by atoms with Gasteiger partial charge in [-0.1, -0.05) is 30.4 Å². The number of para-hydroxylation sites is 1. The first kappa shape index (κ1) is 11.9. The van der Waals surface area contributed by atoms with Gasteiger partial charge in [0, 0.05) is 6.61 Å². The van der Waals surface area contributed by atoms with E-state index in [1.165, 1.54) is 4.90 Å². The molecule has 4 nitrogen and oxygen atoms in total. The first-order valence-electron chi connectivity index (χ1n) is 7.00. The highest BCUT2D eigenvalue weighted by atomic mass is 16.5. The Labute approximate surface area is 117 Å². The Kier molecular flexibility index (Phi) is 2.54. The molecule has 0 spiro atoms. The van der Waals surface area contributed by atoms with E-state index < -0.39 is 0 Å². The first-order valence-corrected chi connectivity index (χ1v) is 7.00. The minimum absolute atomic E-state index is 0.0731. The number of anilines is 1. The Balaban J connectivity index is 1.77. The Morgan fingerprint density at radius 2 is 1.75 bits per heavy atom. The van der Waals surface area contributed by atoms with Gasteiger partial charge in [0.1, 0.15) is 0 Å². The van der Waals surface area contributed by atoms with E-state index in [9.17, 15) is 9.59 Å². The van der Waals surface area contributed by atoms with Crippen LogP contribution in [0.4, 0.5) is 5.69 Å². The fourth-order valence-electron chi connectivity index (χ4n) is 3.61. The molecule has 1 aromatic rings. The number of nitrogens with zero attached hydrogens (tertiary/aromatic N) is 1. The van der Waals surface area contributed by atoms with E-state index in [4.69, 9.17) is 4.74 Å². The van der Waals surface area contributed by atoms with E-state index in [2.05, 4.69) is 6.08 Å². The highest BCUT2D eigenvalue weighted by molar-refractivity contribution is 6.22. The normalized spacial score (nSPS) is 35.3. The van der Waals surface area contributed by atoms with Gasteiger partial charge in [0.25, 0.3) is 0 Å². The molecule has 1 aliphatic carbocycles. The molecule has 0 radical (unpaired) electrons. The number of ether oxygens (including phenoxy) is 1. The third-order valence-corrected chi connectivity index (χ3v) is 4.54. The minimum Gasteiger partial charge on any atom is -0.373 e. The Morgan fingerprint density at radius 3 is 2.55 bits per heavy atom. The molecule has 20 heavy (non-hydrogen) atoms. The number of carbonyl (C=O) groups excluding carboxylic acids is 2. The van der Waals surface area contributed by atoms with Crippen LogP contribution >= 0.6 is 0 Å². The molecule has 3 aliphatic heterocycles. The molecule has 4 unspecified atom stereocenters. The van der Waals surface area contributed by atoms with Crippen LogP contribution < -0.4 is 4.90 Å². The van der Waals surface area contributed by atoms with Gasteiger partial charge in [-0.3, -0.25) is 9.59 Å². The predicted molar refractivity (Wildman–Crippen MR) is 72.9 cm³/mol. The van der Waals surface area contributed by atoms with Gasteiger partial charge in [0.15, 0.2) is 0 Å². The van der Waals surface area contributed by atoms with Crippen LogP contribution in [0.3, 0.4) is 0 Å². The van der Waals surface area contributed by atoms with Crippen LogP contribution in [-0.4, -0.2) is 24.5 Å². The average Bonchev–Trinajstić information content (AvgIpc) is 2.69. The maximum absolute atomic E-state index is 12.7. The van der Waals surface area contributed by atoms with Gasteiger partial charge in [-0.2, -0.15) is 0 Å². The lowest BCUT2D eigenvalue weighted by molar-refractivity contribution is -0.124. The maximum atomic E-state index is 12.7. The quantitative estimate of drug-likeness (QED) is 0.576. The highest BCUT2D eigenvalue weighted by Gasteiger charge is 2.56. The van der Waals surface area contributed by atoms with Crippen molar-refractivity contribution >= 4 is 17.5 Å². The summed E-state index contributed by atoms with van der Waals surface area (Å²) in [7, 11) is 0. The highest BCUT2D eigenvalue weighted by Crippen LogP contribution is 2.44. The lowest BCUT2D eigenvalue weighted by Crippen LogP contribution is -2.35. The molecule has 3 heterocycles. The predicted octanol–water partition coefficient (Wildman–Crippen LogP) is 1.77. The largest absolute Gasteiger partial charge is 0.373 e. The molecule has 2 bridgehead atoms. The second-order valence-corrected chi connectivity index (χ2v) is 5.57. The minimum atomic E-state index is -0.347. The monoisotopic (exact) mass is 269 g/mol. The molecule has 0 aromatic heterocycles. The molecule has 4 heteroatoms. The van der Waals surface area contributed by atoms with Crippen molar-refractivity contribution in [2.24, 2.45) is 17.8 Å². The summed E-state index contributed by atoms with van der Waals surface area (Å²) in [6, 6.07) is 9.16. The lowest BCUT2D eigenvalue weighted by Gasteiger charge is -2.26. The third-order valence-electron chi connectivity index (χ3n) is 4.54. The molecule has 102 valence electrons. The fraction of sp³-hybridized carbons (Fsp3) is 0.375. The zero-order chi connectivity index (χ0) is 13.7. The summed E-state index contributed by atoms with van der Waals surface area (Å²) in [5.74, 6) is -0.659. The standard InChI is InChI=1S/C16H15NO3/c18-15-13-10-6-7-12(20-9-8-10)14(13)16(19)17(15)11-4-2-1-3-5-11/h1-7,10,12-14H,8-9H2. The molecular formula is C16H15NO3. The summed E-state index contributed by atoms with van der Waals surface area (Å²) in [6.45, 7) is 0.626. The maximum Gasteiger partial charge on any atom is 0.240 e. The van der Waals surface area contributed by atoms with Crippen LogP contribution in [0.15, 0.2) is 42.5 Å². The van der Waals surface area contributed by atoms with Crippen LogP contribution in [0.5, 0.6) is 0 Å². The van der Waals surface area contributed by atoms with Crippen molar-refractivity contribution in [3.05, 3.63) is 42.5 Å². The van der Waals surface area contributed by atoms with Crippen LogP contribution in [0.1, 0.15) is 6.42 Å². The van der Waals surface area contributed by atoms with E-state index >= 15 is 0 Å². The molecule has 5 rings (SSSR count). The topological polar surface area (TPSA) is 46.6 Å². The number of hydrogen-bond acceptors (Lipinski definition) is 3. The number of benzene rings is 1. The second-order valence-electron chi connectivity index (χ2n) is 5.57. The van der Waals surface area contributed by atoms with E-state index in [1.54, 1.807) is 12.1 Å². The number of amides is 2. The smallest absolute Gasteiger partial charge is 0.240 e. The zero-order valence-electron chi connectivity index (χ0n) is 10.9. The number of imide groups is 1. The number of carbonyl (C=O) groups is 2. The summed E-state index contributed by atoms with van der Waals surface area (Å²) < 4.78 is 5.72. The lowest BCUT2D eigenvalue weighted by atomic mass is 9.76. The van der Waals surface area contributed by atoms with Gasteiger partial charge in [-0.05, 0) is 24.5 Å². The Bertz CT molecular complexity index is 563. The molecule has 0 saturated carbocycles. The zero-order valence-corrected chi connectivity index (χ0v) is 10.9. The summed E-state index contributed by atoms with van der Waals surface area (Å²) in [5, 5.41) is 0. The van der Waals surface area contributed by atoms with Gasteiger partial charge < -0.3 is 4.74 Å². The number of allylic oxidation sites excluding steroid dienone is 1. The van der Waals surface area contributed by atoms with Gasteiger partial charge in [-0.25, -0.2) is 4.90 Å². The van der Waals surface area contributed by atoms with Crippen molar-refractivity contribution < 1.29 is 14.3 Å². The molecule has 2 amide bonds. The summed E-state index contributed by atoms with van der Waals surface area (Å²) in [5.41, 5.74) is 0.662. The van der Waals surface area contributed by atoms with E-state index in [0.29, 0.717) is 12.3 Å².